The number of hydrogen-bond acceptors (Lipinski definition) is 6. The summed E-state index contributed by atoms with van der Waals surface area (Å²) in [6.07, 6.45) is 0.628. The monoisotopic (exact) mass is 522 g/mol. The maximum Gasteiger partial charge on any atom is 0.252 e. The zero-order valence-corrected chi connectivity index (χ0v) is 22.2. The summed E-state index contributed by atoms with van der Waals surface area (Å²) in [5.41, 5.74) is 5.20. The van der Waals surface area contributed by atoms with Gasteiger partial charge >= 0.3 is 0 Å². The molecule has 2 aromatic heterocycles. The number of hydrogen-bond donors (Lipinski definition) is 2. The van der Waals surface area contributed by atoms with E-state index < -0.39 is 0 Å². The molecule has 3 aromatic carbocycles. The molecule has 8 heteroatoms. The number of amides is 1. The molecule has 0 saturated heterocycles. The molecule has 5 rings (SSSR count). The van der Waals surface area contributed by atoms with Crippen LogP contribution in [0.2, 0.25) is 0 Å². The number of aromatic amines is 1. The fourth-order valence-corrected chi connectivity index (χ4v) is 4.50. The molecule has 1 amide bonds. The second-order valence-electron chi connectivity index (χ2n) is 8.87. The van der Waals surface area contributed by atoms with Crippen molar-refractivity contribution in [3.05, 3.63) is 90.0 Å². The van der Waals surface area contributed by atoms with Gasteiger partial charge in [0.25, 0.3) is 5.91 Å². The summed E-state index contributed by atoms with van der Waals surface area (Å²) >= 11 is 0. The molecule has 0 aliphatic carbocycles. The Morgan fingerprint density at radius 1 is 0.897 bits per heavy atom. The largest absolute Gasteiger partial charge is 0.494 e. The summed E-state index contributed by atoms with van der Waals surface area (Å²) in [5, 5.41) is 11.3. The number of aromatic nitrogens is 3. The third-order valence-corrected chi connectivity index (χ3v) is 6.44. The van der Waals surface area contributed by atoms with E-state index in [2.05, 4.69) is 15.5 Å². The van der Waals surface area contributed by atoms with Gasteiger partial charge in [-0.3, -0.25) is 9.89 Å². The standard InChI is InChI=1S/C31H30N4O4/c1-4-39-23-13-11-21(12-14-23)25-19-24(28-29(34-35-30(28)33-25)22-8-6-5-7-9-22)31(36)32-17-16-20-10-15-26(37-2)27(18-20)38-3/h5-15,18-19H,4,16-17H2,1-3H3,(H,32,36)(H,33,34,35). The van der Waals surface area contributed by atoms with Gasteiger partial charge < -0.3 is 19.5 Å². The Kier molecular flexibility index (Phi) is 7.73. The van der Waals surface area contributed by atoms with Crippen LogP contribution >= 0.6 is 0 Å². The minimum absolute atomic E-state index is 0.200. The highest BCUT2D eigenvalue weighted by atomic mass is 16.5. The van der Waals surface area contributed by atoms with Gasteiger partial charge in [-0.15, -0.1) is 0 Å². The van der Waals surface area contributed by atoms with Crippen molar-refractivity contribution in [3.63, 3.8) is 0 Å². The first kappa shape index (κ1) is 25.8. The first-order valence-electron chi connectivity index (χ1n) is 12.8. The van der Waals surface area contributed by atoms with Crippen LogP contribution in [0.4, 0.5) is 0 Å². The predicted octanol–water partition coefficient (Wildman–Crippen LogP) is 5.68. The van der Waals surface area contributed by atoms with Gasteiger partial charge in [-0.25, -0.2) is 4.98 Å². The van der Waals surface area contributed by atoms with Crippen molar-refractivity contribution in [2.45, 2.75) is 13.3 Å². The van der Waals surface area contributed by atoms with E-state index in [0.29, 0.717) is 53.4 Å². The van der Waals surface area contributed by atoms with Crippen molar-refractivity contribution in [2.75, 3.05) is 27.4 Å². The second-order valence-corrected chi connectivity index (χ2v) is 8.87. The molecule has 0 saturated carbocycles. The Bertz CT molecular complexity index is 1580. The van der Waals surface area contributed by atoms with Gasteiger partial charge in [-0.05, 0) is 61.4 Å². The third-order valence-electron chi connectivity index (χ3n) is 6.44. The van der Waals surface area contributed by atoms with E-state index in [-0.39, 0.29) is 5.91 Å². The first-order chi connectivity index (χ1) is 19.1. The van der Waals surface area contributed by atoms with Gasteiger partial charge in [0.05, 0.1) is 43.2 Å². The minimum atomic E-state index is -0.200. The molecule has 0 unspecified atom stereocenters. The SMILES string of the molecule is CCOc1ccc(-c2cc(C(=O)NCCc3ccc(OC)c(OC)c3)c3c(-c4ccccc4)[nH]nc3n2)cc1. The first-order valence-corrected chi connectivity index (χ1v) is 12.8. The Labute approximate surface area is 227 Å². The highest BCUT2D eigenvalue weighted by molar-refractivity contribution is 6.11. The number of fused-ring (bicyclic) bond motifs is 1. The van der Waals surface area contributed by atoms with E-state index in [1.165, 1.54) is 0 Å². The van der Waals surface area contributed by atoms with Crippen molar-refractivity contribution in [2.24, 2.45) is 0 Å². The lowest BCUT2D eigenvalue weighted by atomic mass is 10.0. The number of pyridine rings is 1. The van der Waals surface area contributed by atoms with Crippen LogP contribution in [-0.2, 0) is 6.42 Å². The molecule has 198 valence electrons. The quantitative estimate of drug-likeness (QED) is 0.245. The van der Waals surface area contributed by atoms with Crippen LogP contribution in [0, 0.1) is 0 Å². The molecule has 0 aliphatic heterocycles. The van der Waals surface area contributed by atoms with Crippen LogP contribution in [-0.4, -0.2) is 48.5 Å². The van der Waals surface area contributed by atoms with Gasteiger partial charge in [0.2, 0.25) is 0 Å². The lowest BCUT2D eigenvalue weighted by molar-refractivity contribution is 0.0955. The average Bonchev–Trinajstić information content (AvgIpc) is 3.41. The molecule has 0 atom stereocenters. The molecule has 8 nitrogen and oxygen atoms in total. The molecule has 0 fully saturated rings. The summed E-state index contributed by atoms with van der Waals surface area (Å²) in [4.78, 5) is 18.4. The highest BCUT2D eigenvalue weighted by Crippen LogP contribution is 2.32. The highest BCUT2D eigenvalue weighted by Gasteiger charge is 2.20. The maximum absolute atomic E-state index is 13.6. The summed E-state index contributed by atoms with van der Waals surface area (Å²) in [5.74, 6) is 1.90. The number of H-pyrrole nitrogens is 1. The lowest BCUT2D eigenvalue weighted by Gasteiger charge is -2.12. The molecule has 39 heavy (non-hydrogen) atoms. The number of benzene rings is 3. The van der Waals surface area contributed by atoms with Gasteiger partial charge in [0, 0.05) is 17.7 Å². The van der Waals surface area contributed by atoms with E-state index in [4.69, 9.17) is 19.2 Å². The molecule has 0 aliphatic rings. The number of nitrogens with zero attached hydrogens (tertiary/aromatic N) is 2. The molecule has 0 spiro atoms. The van der Waals surface area contributed by atoms with Crippen molar-refractivity contribution >= 4 is 16.9 Å². The average molecular weight is 523 g/mol. The molecule has 0 radical (unpaired) electrons. The molecular weight excluding hydrogens is 492 g/mol. The molecular formula is C31H30N4O4. The number of carbonyl (C=O) groups excluding carboxylic acids is 1. The molecule has 5 aromatic rings. The minimum Gasteiger partial charge on any atom is -0.494 e. The fraction of sp³-hybridized carbons (Fsp3) is 0.194. The van der Waals surface area contributed by atoms with Crippen LogP contribution in [0.25, 0.3) is 33.5 Å². The smallest absolute Gasteiger partial charge is 0.252 e. The Balaban J connectivity index is 1.47. The van der Waals surface area contributed by atoms with Crippen molar-refractivity contribution in [1.29, 1.82) is 0 Å². The summed E-state index contributed by atoms with van der Waals surface area (Å²) in [7, 11) is 3.21. The van der Waals surface area contributed by atoms with Gasteiger partial charge in [0.1, 0.15) is 5.75 Å². The zero-order chi connectivity index (χ0) is 27.2. The number of carbonyl (C=O) groups is 1. The Morgan fingerprint density at radius 3 is 2.38 bits per heavy atom. The number of methoxy groups -OCH3 is 2. The molecule has 0 bridgehead atoms. The van der Waals surface area contributed by atoms with Crippen LogP contribution in [0.1, 0.15) is 22.8 Å². The lowest BCUT2D eigenvalue weighted by Crippen LogP contribution is -2.26. The maximum atomic E-state index is 13.6. The van der Waals surface area contributed by atoms with Crippen LogP contribution in [0.3, 0.4) is 0 Å². The van der Waals surface area contributed by atoms with Crippen LogP contribution in [0.15, 0.2) is 78.9 Å². The van der Waals surface area contributed by atoms with Gasteiger partial charge in [0.15, 0.2) is 17.1 Å². The van der Waals surface area contributed by atoms with Crippen molar-refractivity contribution in [1.82, 2.24) is 20.5 Å². The third kappa shape index (κ3) is 5.55. The fourth-order valence-electron chi connectivity index (χ4n) is 4.50. The Hall–Kier alpha value is -4.85. The van der Waals surface area contributed by atoms with Crippen LogP contribution in [0.5, 0.6) is 17.2 Å². The normalized spacial score (nSPS) is 10.8. The number of nitrogens with one attached hydrogen (secondary N) is 2. The molecule has 2 N–H and O–H groups in total. The predicted molar refractivity (Wildman–Crippen MR) is 152 cm³/mol. The number of ether oxygens (including phenoxy) is 3. The molecule has 2 heterocycles. The Morgan fingerprint density at radius 2 is 1.67 bits per heavy atom. The van der Waals surface area contributed by atoms with Crippen molar-refractivity contribution in [3.8, 4) is 39.8 Å². The summed E-state index contributed by atoms with van der Waals surface area (Å²) < 4.78 is 16.3. The summed E-state index contributed by atoms with van der Waals surface area (Å²) in [6.45, 7) is 2.98. The second kappa shape index (κ2) is 11.7. The van der Waals surface area contributed by atoms with Gasteiger partial charge in [-0.2, -0.15) is 5.10 Å². The van der Waals surface area contributed by atoms with E-state index in [1.807, 2.05) is 85.8 Å². The van der Waals surface area contributed by atoms with E-state index in [9.17, 15) is 4.79 Å². The van der Waals surface area contributed by atoms with E-state index in [1.54, 1.807) is 14.2 Å². The van der Waals surface area contributed by atoms with Gasteiger partial charge in [-0.1, -0.05) is 36.4 Å². The zero-order valence-electron chi connectivity index (χ0n) is 22.2. The summed E-state index contributed by atoms with van der Waals surface area (Å²) in [6, 6.07) is 25.0. The van der Waals surface area contributed by atoms with Crippen LogP contribution < -0.4 is 19.5 Å². The number of rotatable bonds is 10. The van der Waals surface area contributed by atoms with E-state index in [0.717, 1.165) is 28.1 Å². The topological polar surface area (TPSA) is 98.4 Å². The van der Waals surface area contributed by atoms with E-state index >= 15 is 0 Å². The van der Waals surface area contributed by atoms with Crippen molar-refractivity contribution < 1.29 is 19.0 Å².